The fourth-order valence-corrected chi connectivity index (χ4v) is 3.20. The molecule has 5 atom stereocenters. The van der Waals surface area contributed by atoms with E-state index in [1.165, 1.54) is 13.8 Å². The highest BCUT2D eigenvalue weighted by Gasteiger charge is 2.31. The van der Waals surface area contributed by atoms with E-state index in [1.807, 2.05) is 0 Å². The van der Waals surface area contributed by atoms with E-state index in [2.05, 4.69) is 26.6 Å². The van der Waals surface area contributed by atoms with Crippen molar-refractivity contribution in [3.63, 3.8) is 0 Å². The number of aliphatic carboxylic acids is 3. The summed E-state index contributed by atoms with van der Waals surface area (Å²) in [5.74, 6) is -9.63. The number of aliphatic hydroxyl groups excluding tert-OH is 2. The minimum atomic E-state index is -1.63. The maximum Gasteiger partial charge on any atom is 0.326 e. The lowest BCUT2D eigenvalue weighted by Crippen LogP contribution is -2.59. The number of carbonyl (C=O) groups excluding carboxylic acids is 5. The van der Waals surface area contributed by atoms with Gasteiger partial charge in [-0.1, -0.05) is 13.8 Å². The Labute approximate surface area is 239 Å². The Kier molecular flexibility index (Phi) is 16.9. The second kappa shape index (κ2) is 18.9. The van der Waals surface area contributed by atoms with Gasteiger partial charge in [-0.15, -0.1) is 0 Å². The molecule has 0 radical (unpaired) electrons. The number of rotatable bonds is 20. The van der Waals surface area contributed by atoms with Crippen LogP contribution in [0.2, 0.25) is 0 Å². The highest BCUT2D eigenvalue weighted by molar-refractivity contribution is 5.95. The van der Waals surface area contributed by atoms with Gasteiger partial charge in [0.1, 0.15) is 30.2 Å². The van der Waals surface area contributed by atoms with Crippen LogP contribution >= 0.6 is 0 Å². The third kappa shape index (κ3) is 14.3. The highest BCUT2D eigenvalue weighted by atomic mass is 16.4. The first-order valence-corrected chi connectivity index (χ1v) is 12.7. The zero-order valence-electron chi connectivity index (χ0n) is 23.0. The average molecular weight is 607 g/mol. The first-order valence-electron chi connectivity index (χ1n) is 12.7. The summed E-state index contributed by atoms with van der Waals surface area (Å²) in [5.41, 5.74) is 5.37. The molecular weight excluding hydrogens is 568 g/mol. The molecule has 0 rings (SSSR count). The van der Waals surface area contributed by atoms with Gasteiger partial charge < -0.3 is 57.9 Å². The van der Waals surface area contributed by atoms with Crippen molar-refractivity contribution in [1.29, 1.82) is 0 Å². The molecule has 0 saturated heterocycles. The fourth-order valence-electron chi connectivity index (χ4n) is 3.20. The van der Waals surface area contributed by atoms with Crippen LogP contribution in [0.5, 0.6) is 0 Å². The molecule has 0 bridgehead atoms. The summed E-state index contributed by atoms with van der Waals surface area (Å²) in [4.78, 5) is 95.1. The predicted molar refractivity (Wildman–Crippen MR) is 139 cm³/mol. The Morgan fingerprint density at radius 2 is 1.17 bits per heavy atom. The van der Waals surface area contributed by atoms with E-state index in [4.69, 9.17) is 21.1 Å². The van der Waals surface area contributed by atoms with Crippen LogP contribution in [0, 0.1) is 5.92 Å². The molecule has 19 heteroatoms. The van der Waals surface area contributed by atoms with E-state index < -0.39 is 123 Å². The van der Waals surface area contributed by atoms with Crippen molar-refractivity contribution in [3.05, 3.63) is 0 Å². The van der Waals surface area contributed by atoms with Gasteiger partial charge in [-0.2, -0.15) is 0 Å². The van der Waals surface area contributed by atoms with Gasteiger partial charge in [0, 0.05) is 12.8 Å². The SMILES string of the molecule is CC(C)[C@H](NC(=O)[C@H](CO)NC(=O)CNC(=O)[C@H](CCC(=O)O)NC(=O)[C@@H](N)CO)C(=O)N[C@@H](CCC(=O)O)C(=O)O. The Bertz CT molecular complexity index is 1010. The normalized spacial score (nSPS) is 14.3. The van der Waals surface area contributed by atoms with Crippen LogP contribution in [0.1, 0.15) is 39.5 Å². The lowest BCUT2D eigenvalue weighted by molar-refractivity contribution is -0.144. The molecule has 0 fully saturated rings. The first kappa shape index (κ1) is 37.6. The molecule has 0 saturated carbocycles. The van der Waals surface area contributed by atoms with Crippen LogP contribution in [-0.4, -0.2) is 123 Å². The van der Waals surface area contributed by atoms with E-state index in [-0.39, 0.29) is 6.42 Å². The Morgan fingerprint density at radius 3 is 1.62 bits per heavy atom. The summed E-state index contributed by atoms with van der Waals surface area (Å²) >= 11 is 0. The zero-order chi connectivity index (χ0) is 32.6. The smallest absolute Gasteiger partial charge is 0.326 e. The molecular formula is C23H38N6O13. The van der Waals surface area contributed by atoms with Crippen LogP contribution in [0.25, 0.3) is 0 Å². The number of nitrogens with two attached hydrogens (primary N) is 1. The maximum atomic E-state index is 12.7. The van der Waals surface area contributed by atoms with Crippen molar-refractivity contribution in [1.82, 2.24) is 26.6 Å². The molecule has 0 heterocycles. The average Bonchev–Trinajstić information content (AvgIpc) is 2.91. The van der Waals surface area contributed by atoms with Gasteiger partial charge in [0.2, 0.25) is 29.5 Å². The number of hydrogen-bond acceptors (Lipinski definition) is 11. The van der Waals surface area contributed by atoms with Gasteiger partial charge in [0.15, 0.2) is 0 Å². The molecule has 12 N–H and O–H groups in total. The Balaban J connectivity index is 5.27. The highest BCUT2D eigenvalue weighted by Crippen LogP contribution is 2.06. The molecule has 0 aromatic rings. The van der Waals surface area contributed by atoms with Crippen molar-refractivity contribution >= 4 is 47.4 Å². The molecule has 0 spiro atoms. The summed E-state index contributed by atoms with van der Waals surface area (Å²) in [6, 6.07) is -7.37. The number of nitrogens with one attached hydrogen (secondary N) is 5. The molecule has 238 valence electrons. The first-order chi connectivity index (χ1) is 19.5. The second-order valence-corrected chi connectivity index (χ2v) is 9.37. The molecule has 0 aliphatic heterocycles. The third-order valence-electron chi connectivity index (χ3n) is 5.58. The minimum absolute atomic E-state index is 0.383. The summed E-state index contributed by atoms with van der Waals surface area (Å²) < 4.78 is 0. The largest absolute Gasteiger partial charge is 0.481 e. The van der Waals surface area contributed by atoms with E-state index in [1.54, 1.807) is 0 Å². The van der Waals surface area contributed by atoms with E-state index in [0.29, 0.717) is 0 Å². The second-order valence-electron chi connectivity index (χ2n) is 9.37. The number of carbonyl (C=O) groups is 8. The number of carboxylic acid groups (broad SMARTS) is 3. The van der Waals surface area contributed by atoms with Gasteiger partial charge in [-0.3, -0.25) is 33.6 Å². The molecule has 0 aliphatic carbocycles. The van der Waals surface area contributed by atoms with Crippen LogP contribution < -0.4 is 32.3 Å². The molecule has 0 aliphatic rings. The van der Waals surface area contributed by atoms with Crippen LogP contribution in [0.4, 0.5) is 0 Å². The molecule has 19 nitrogen and oxygen atoms in total. The Hall–Kier alpha value is -4.36. The summed E-state index contributed by atoms with van der Waals surface area (Å²) in [5, 5.41) is 56.3. The fraction of sp³-hybridized carbons (Fsp3) is 0.652. The number of aliphatic hydroxyl groups is 2. The van der Waals surface area contributed by atoms with E-state index >= 15 is 0 Å². The number of hydrogen-bond donors (Lipinski definition) is 11. The van der Waals surface area contributed by atoms with Gasteiger partial charge in [0.25, 0.3) is 0 Å². The summed E-state index contributed by atoms with van der Waals surface area (Å²) in [6.45, 7) is 0.520. The third-order valence-corrected chi connectivity index (χ3v) is 5.58. The number of amides is 5. The van der Waals surface area contributed by atoms with Crippen molar-refractivity contribution in [2.75, 3.05) is 19.8 Å². The molecule has 5 amide bonds. The lowest BCUT2D eigenvalue weighted by Gasteiger charge is -2.26. The number of carboxylic acids is 3. The monoisotopic (exact) mass is 606 g/mol. The van der Waals surface area contributed by atoms with Crippen molar-refractivity contribution < 1.29 is 63.9 Å². The van der Waals surface area contributed by atoms with Crippen LogP contribution in [0.3, 0.4) is 0 Å². The quantitative estimate of drug-likeness (QED) is 0.0617. The standard InChI is InChI=1S/C23H38N6O13/c1-10(2)18(22(40)28-13(23(41)42)4-6-17(35)36)29-21(39)14(9-31)26-15(32)7-25-20(38)12(3-5-16(33)34)27-19(37)11(24)8-30/h10-14,18,30-31H,3-9,24H2,1-2H3,(H,25,38)(H,26,32)(H,27,37)(H,28,40)(H,29,39)(H,33,34)(H,35,36)(H,41,42)/t11-,12-,13-,14-,18-/m0/s1. The van der Waals surface area contributed by atoms with Crippen molar-refractivity contribution in [2.45, 2.75) is 69.7 Å². The maximum absolute atomic E-state index is 12.7. The lowest BCUT2D eigenvalue weighted by atomic mass is 10.0. The molecule has 0 aromatic heterocycles. The van der Waals surface area contributed by atoms with E-state index in [9.17, 15) is 48.6 Å². The van der Waals surface area contributed by atoms with E-state index in [0.717, 1.165) is 0 Å². The Morgan fingerprint density at radius 1 is 0.643 bits per heavy atom. The van der Waals surface area contributed by atoms with Gasteiger partial charge in [0.05, 0.1) is 19.8 Å². The van der Waals surface area contributed by atoms with Crippen LogP contribution in [0.15, 0.2) is 0 Å². The minimum Gasteiger partial charge on any atom is -0.481 e. The van der Waals surface area contributed by atoms with Crippen molar-refractivity contribution in [2.24, 2.45) is 11.7 Å². The van der Waals surface area contributed by atoms with Crippen molar-refractivity contribution in [3.8, 4) is 0 Å². The topological polar surface area (TPSA) is 324 Å². The zero-order valence-corrected chi connectivity index (χ0v) is 23.0. The molecule has 0 unspecified atom stereocenters. The van der Waals surface area contributed by atoms with Gasteiger partial charge in [-0.05, 0) is 18.8 Å². The summed E-state index contributed by atoms with van der Waals surface area (Å²) in [7, 11) is 0. The molecule has 0 aromatic carbocycles. The molecule has 42 heavy (non-hydrogen) atoms. The van der Waals surface area contributed by atoms with Crippen LogP contribution in [-0.2, 0) is 38.4 Å². The van der Waals surface area contributed by atoms with Gasteiger partial charge >= 0.3 is 17.9 Å². The predicted octanol–water partition coefficient (Wildman–Crippen LogP) is -5.18. The summed E-state index contributed by atoms with van der Waals surface area (Å²) in [6.07, 6.45) is -1.89. The van der Waals surface area contributed by atoms with Gasteiger partial charge in [-0.25, -0.2) is 4.79 Å².